The normalized spacial score (nSPS) is 24.7. The van der Waals surface area contributed by atoms with Crippen LogP contribution in [0.4, 0.5) is 14.6 Å². The third-order valence-corrected chi connectivity index (χ3v) is 8.29. The molecule has 0 bridgehead atoms. The molecule has 0 atom stereocenters. The smallest absolute Gasteiger partial charge is 0.251 e. The SMILES string of the molecule is CC(C)(C)CCN1CCC2(CC1)CCN(Sc1ccc(N3CCC(F)(F)CC3)nc1)C2. The van der Waals surface area contributed by atoms with Gasteiger partial charge in [-0.05, 0) is 80.2 Å². The second-order valence-corrected chi connectivity index (χ2v) is 12.2. The van der Waals surface area contributed by atoms with Crippen molar-refractivity contribution in [3.8, 4) is 0 Å². The van der Waals surface area contributed by atoms with Gasteiger partial charge in [-0.2, -0.15) is 0 Å². The first kappa shape index (κ1) is 23.2. The first-order valence-electron chi connectivity index (χ1n) is 11.9. The molecule has 1 aromatic rings. The maximum absolute atomic E-state index is 13.4. The summed E-state index contributed by atoms with van der Waals surface area (Å²) in [6, 6.07) is 4.09. The first-order chi connectivity index (χ1) is 14.6. The number of aromatic nitrogens is 1. The van der Waals surface area contributed by atoms with Crippen LogP contribution in [0.1, 0.15) is 59.3 Å². The highest BCUT2D eigenvalue weighted by Gasteiger charge is 2.41. The molecule has 3 aliphatic heterocycles. The van der Waals surface area contributed by atoms with Gasteiger partial charge in [0, 0.05) is 50.1 Å². The fourth-order valence-corrected chi connectivity index (χ4v) is 6.00. The number of halogens is 2. The van der Waals surface area contributed by atoms with Gasteiger partial charge in [0.15, 0.2) is 0 Å². The van der Waals surface area contributed by atoms with Gasteiger partial charge in [-0.25, -0.2) is 18.1 Å². The molecule has 31 heavy (non-hydrogen) atoms. The van der Waals surface area contributed by atoms with Crippen molar-refractivity contribution in [3.05, 3.63) is 18.3 Å². The van der Waals surface area contributed by atoms with E-state index in [-0.39, 0.29) is 12.8 Å². The van der Waals surface area contributed by atoms with Crippen molar-refractivity contribution in [1.29, 1.82) is 0 Å². The molecule has 0 aliphatic carbocycles. The summed E-state index contributed by atoms with van der Waals surface area (Å²) in [7, 11) is 0. The zero-order valence-corrected chi connectivity index (χ0v) is 20.2. The Morgan fingerprint density at radius 1 is 0.968 bits per heavy atom. The molecule has 0 saturated carbocycles. The number of anilines is 1. The molecular formula is C24H38F2N4S. The van der Waals surface area contributed by atoms with E-state index >= 15 is 0 Å². The van der Waals surface area contributed by atoms with Crippen LogP contribution in [-0.4, -0.2) is 65.9 Å². The summed E-state index contributed by atoms with van der Waals surface area (Å²) in [4.78, 5) is 10.4. The lowest BCUT2D eigenvalue weighted by atomic mass is 9.77. The van der Waals surface area contributed by atoms with Crippen LogP contribution in [0.15, 0.2) is 23.2 Å². The third kappa shape index (κ3) is 6.32. The van der Waals surface area contributed by atoms with Gasteiger partial charge in [0.1, 0.15) is 5.82 Å². The van der Waals surface area contributed by atoms with E-state index in [1.165, 1.54) is 45.3 Å². The highest BCUT2D eigenvalue weighted by Crippen LogP contribution is 2.44. The minimum absolute atomic E-state index is 0.0747. The Hall–Kier alpha value is -0.920. The molecule has 7 heteroatoms. The number of hydrogen-bond acceptors (Lipinski definition) is 5. The number of alkyl halides is 2. The van der Waals surface area contributed by atoms with Crippen molar-refractivity contribution < 1.29 is 8.78 Å². The average Bonchev–Trinajstić information content (AvgIpc) is 3.10. The molecule has 0 N–H and O–H groups in total. The van der Waals surface area contributed by atoms with Gasteiger partial charge in [-0.3, -0.25) is 0 Å². The number of pyridine rings is 1. The summed E-state index contributed by atoms with van der Waals surface area (Å²) < 4.78 is 29.3. The molecule has 4 heterocycles. The summed E-state index contributed by atoms with van der Waals surface area (Å²) >= 11 is 1.81. The number of hydrogen-bond donors (Lipinski definition) is 0. The molecule has 0 aromatic carbocycles. The Balaban J connectivity index is 1.23. The van der Waals surface area contributed by atoms with Crippen molar-refractivity contribution in [3.63, 3.8) is 0 Å². The van der Waals surface area contributed by atoms with Crippen molar-refractivity contribution in [2.75, 3.05) is 50.7 Å². The Kier molecular flexibility index (Phi) is 6.86. The molecular weight excluding hydrogens is 414 g/mol. The molecule has 1 aromatic heterocycles. The minimum atomic E-state index is -2.51. The van der Waals surface area contributed by atoms with Crippen LogP contribution in [0.5, 0.6) is 0 Å². The van der Waals surface area contributed by atoms with E-state index in [1.54, 1.807) is 0 Å². The van der Waals surface area contributed by atoms with Gasteiger partial charge in [0.2, 0.25) is 0 Å². The summed E-state index contributed by atoms with van der Waals surface area (Å²) in [5, 5.41) is 0. The predicted molar refractivity (Wildman–Crippen MR) is 125 cm³/mol. The van der Waals surface area contributed by atoms with E-state index in [1.807, 2.05) is 29.1 Å². The maximum atomic E-state index is 13.4. The quantitative estimate of drug-likeness (QED) is 0.545. The lowest BCUT2D eigenvalue weighted by molar-refractivity contribution is -0.0221. The zero-order valence-electron chi connectivity index (χ0n) is 19.4. The summed E-state index contributed by atoms with van der Waals surface area (Å²) in [5.41, 5.74) is 0.899. The largest absolute Gasteiger partial charge is 0.356 e. The summed E-state index contributed by atoms with van der Waals surface area (Å²) in [6.07, 6.45) is 6.94. The van der Waals surface area contributed by atoms with E-state index in [9.17, 15) is 8.78 Å². The van der Waals surface area contributed by atoms with Crippen molar-refractivity contribution in [2.45, 2.75) is 70.1 Å². The highest BCUT2D eigenvalue weighted by atomic mass is 32.2. The molecule has 0 unspecified atom stereocenters. The number of rotatable bonds is 5. The molecule has 0 radical (unpaired) electrons. The number of piperidine rings is 2. The van der Waals surface area contributed by atoms with Crippen LogP contribution in [-0.2, 0) is 0 Å². The molecule has 4 nitrogen and oxygen atoms in total. The lowest BCUT2D eigenvalue weighted by Crippen LogP contribution is -2.42. The van der Waals surface area contributed by atoms with Gasteiger partial charge in [-0.15, -0.1) is 0 Å². The van der Waals surface area contributed by atoms with Gasteiger partial charge < -0.3 is 9.80 Å². The van der Waals surface area contributed by atoms with Crippen molar-refractivity contribution >= 4 is 17.8 Å². The summed E-state index contributed by atoms with van der Waals surface area (Å²) in [5.74, 6) is -1.69. The fourth-order valence-electron chi connectivity index (χ4n) is 4.95. The van der Waals surface area contributed by atoms with Gasteiger partial charge >= 0.3 is 0 Å². The predicted octanol–water partition coefficient (Wildman–Crippen LogP) is 5.55. The Bertz CT molecular complexity index is 716. The van der Waals surface area contributed by atoms with Crippen molar-refractivity contribution in [2.24, 2.45) is 10.8 Å². The fraction of sp³-hybridized carbons (Fsp3) is 0.792. The monoisotopic (exact) mass is 452 g/mol. The van der Waals surface area contributed by atoms with Crippen molar-refractivity contribution in [1.82, 2.24) is 14.2 Å². The number of nitrogens with zero attached hydrogens (tertiary/aromatic N) is 4. The van der Waals surface area contributed by atoms with Crippen LogP contribution in [0.25, 0.3) is 0 Å². The number of likely N-dealkylation sites (tertiary alicyclic amines) is 1. The van der Waals surface area contributed by atoms with E-state index in [2.05, 4.69) is 41.0 Å². The second kappa shape index (κ2) is 9.14. The van der Waals surface area contributed by atoms with Crippen LogP contribution in [0.3, 0.4) is 0 Å². The van der Waals surface area contributed by atoms with Crippen LogP contribution < -0.4 is 4.90 Å². The lowest BCUT2D eigenvalue weighted by Gasteiger charge is -2.40. The van der Waals surface area contributed by atoms with Crippen LogP contribution in [0, 0.1) is 10.8 Å². The standard InChI is InChI=1S/C24H38F2N4S/c1-22(2,3)6-12-28-13-7-23(8-14-28)9-17-30(19-23)31-20-4-5-21(27-18-20)29-15-10-24(25,26)11-16-29/h4-5,18H,6-17,19H2,1-3H3. The van der Waals surface area contributed by atoms with E-state index in [4.69, 9.17) is 0 Å². The first-order valence-corrected chi connectivity index (χ1v) is 12.6. The van der Waals surface area contributed by atoms with Gasteiger partial charge in [-0.1, -0.05) is 20.8 Å². The van der Waals surface area contributed by atoms with E-state index in [0.29, 0.717) is 23.9 Å². The Morgan fingerprint density at radius 3 is 2.26 bits per heavy atom. The molecule has 3 aliphatic rings. The highest BCUT2D eigenvalue weighted by molar-refractivity contribution is 7.97. The van der Waals surface area contributed by atoms with E-state index < -0.39 is 5.92 Å². The molecule has 0 amide bonds. The Labute approximate surface area is 190 Å². The van der Waals surface area contributed by atoms with E-state index in [0.717, 1.165) is 23.8 Å². The minimum Gasteiger partial charge on any atom is -0.356 e. The summed E-state index contributed by atoms with van der Waals surface area (Å²) in [6.45, 7) is 13.8. The second-order valence-electron chi connectivity index (χ2n) is 11.1. The average molecular weight is 453 g/mol. The third-order valence-electron chi connectivity index (χ3n) is 7.27. The molecule has 3 fully saturated rings. The molecule has 1 spiro atoms. The maximum Gasteiger partial charge on any atom is 0.251 e. The topological polar surface area (TPSA) is 22.6 Å². The van der Waals surface area contributed by atoms with Gasteiger partial charge in [0.25, 0.3) is 5.92 Å². The van der Waals surface area contributed by atoms with Crippen LogP contribution in [0.2, 0.25) is 0 Å². The zero-order chi connectivity index (χ0) is 22.1. The molecule has 174 valence electrons. The van der Waals surface area contributed by atoms with Gasteiger partial charge in [0.05, 0.1) is 0 Å². The molecule has 3 saturated heterocycles. The Morgan fingerprint density at radius 2 is 1.65 bits per heavy atom. The molecule has 4 rings (SSSR count). The van der Waals surface area contributed by atoms with Crippen LogP contribution >= 0.6 is 11.9 Å².